The number of fused-ring (bicyclic) bond motifs is 1. The van der Waals surface area contributed by atoms with E-state index >= 15 is 0 Å². The SMILES string of the molecule is Clc1cc(C2CCCCC2)nc2nc(C3CCOCC3)nn12. The smallest absolute Gasteiger partial charge is 0.254 e. The van der Waals surface area contributed by atoms with Crippen molar-refractivity contribution < 1.29 is 4.74 Å². The molecule has 0 N–H and O–H groups in total. The zero-order chi connectivity index (χ0) is 14.9. The van der Waals surface area contributed by atoms with E-state index in [1.807, 2.05) is 6.07 Å². The summed E-state index contributed by atoms with van der Waals surface area (Å²) in [6, 6.07) is 1.98. The van der Waals surface area contributed by atoms with Gasteiger partial charge in [-0.2, -0.15) is 9.50 Å². The molecule has 0 bridgehead atoms. The lowest BCUT2D eigenvalue weighted by Crippen LogP contribution is -2.15. The first-order chi connectivity index (χ1) is 10.8. The number of halogens is 1. The monoisotopic (exact) mass is 320 g/mol. The summed E-state index contributed by atoms with van der Waals surface area (Å²) >= 11 is 6.43. The zero-order valence-corrected chi connectivity index (χ0v) is 13.4. The van der Waals surface area contributed by atoms with Gasteiger partial charge in [-0.3, -0.25) is 0 Å². The first kappa shape index (κ1) is 14.4. The third-order valence-electron chi connectivity index (χ3n) is 4.91. The van der Waals surface area contributed by atoms with Gasteiger partial charge in [-0.25, -0.2) is 4.98 Å². The lowest BCUT2D eigenvalue weighted by Gasteiger charge is -2.20. The minimum Gasteiger partial charge on any atom is -0.381 e. The van der Waals surface area contributed by atoms with Gasteiger partial charge in [0.1, 0.15) is 5.15 Å². The number of ether oxygens (including phenoxy) is 1. The van der Waals surface area contributed by atoms with E-state index in [1.165, 1.54) is 32.1 Å². The maximum absolute atomic E-state index is 6.43. The molecule has 0 spiro atoms. The summed E-state index contributed by atoms with van der Waals surface area (Å²) in [5.41, 5.74) is 1.09. The van der Waals surface area contributed by atoms with Crippen molar-refractivity contribution in [1.29, 1.82) is 0 Å². The van der Waals surface area contributed by atoms with Crippen LogP contribution in [0.1, 0.15) is 68.3 Å². The fourth-order valence-corrected chi connectivity index (χ4v) is 3.83. The van der Waals surface area contributed by atoms with Crippen LogP contribution in [0.25, 0.3) is 5.78 Å². The molecule has 0 unspecified atom stereocenters. The van der Waals surface area contributed by atoms with Gasteiger partial charge in [-0.1, -0.05) is 30.9 Å². The summed E-state index contributed by atoms with van der Waals surface area (Å²) < 4.78 is 7.09. The van der Waals surface area contributed by atoms with Gasteiger partial charge in [0, 0.05) is 25.0 Å². The van der Waals surface area contributed by atoms with Crippen LogP contribution in [0.4, 0.5) is 0 Å². The second-order valence-corrected chi connectivity index (χ2v) is 6.79. The molecular weight excluding hydrogens is 300 g/mol. The predicted octanol–water partition coefficient (Wildman–Crippen LogP) is 3.72. The number of aromatic nitrogens is 4. The molecule has 4 rings (SSSR count). The van der Waals surface area contributed by atoms with Crippen LogP contribution in [-0.4, -0.2) is 32.8 Å². The van der Waals surface area contributed by atoms with Gasteiger partial charge in [0.05, 0.1) is 5.69 Å². The van der Waals surface area contributed by atoms with Crippen molar-refractivity contribution in [3.63, 3.8) is 0 Å². The Bertz CT molecular complexity index is 659. The molecule has 0 amide bonds. The summed E-state index contributed by atoms with van der Waals surface area (Å²) in [6.07, 6.45) is 8.28. The fraction of sp³-hybridized carbons (Fsp3) is 0.688. The molecule has 3 heterocycles. The minimum absolute atomic E-state index is 0.365. The standard InChI is InChI=1S/C16H21ClN4O/c17-14-10-13(11-4-2-1-3-5-11)18-16-19-15(20-21(14)16)12-6-8-22-9-7-12/h10-12H,1-9H2. The lowest BCUT2D eigenvalue weighted by atomic mass is 9.87. The fourth-order valence-electron chi connectivity index (χ4n) is 3.60. The van der Waals surface area contributed by atoms with Crippen LogP contribution >= 0.6 is 11.6 Å². The third-order valence-corrected chi connectivity index (χ3v) is 5.18. The van der Waals surface area contributed by atoms with Crippen LogP contribution in [0.2, 0.25) is 5.15 Å². The van der Waals surface area contributed by atoms with E-state index < -0.39 is 0 Å². The van der Waals surface area contributed by atoms with E-state index in [2.05, 4.69) is 10.1 Å². The quantitative estimate of drug-likeness (QED) is 0.791. The second-order valence-electron chi connectivity index (χ2n) is 6.41. The van der Waals surface area contributed by atoms with E-state index in [9.17, 15) is 0 Å². The Morgan fingerprint density at radius 2 is 1.77 bits per heavy atom. The van der Waals surface area contributed by atoms with Gasteiger partial charge in [0.25, 0.3) is 5.78 Å². The molecule has 6 heteroatoms. The van der Waals surface area contributed by atoms with Crippen molar-refractivity contribution >= 4 is 17.4 Å². The van der Waals surface area contributed by atoms with Crippen molar-refractivity contribution in [2.45, 2.75) is 56.8 Å². The van der Waals surface area contributed by atoms with Gasteiger partial charge >= 0.3 is 0 Å². The van der Waals surface area contributed by atoms with Crippen LogP contribution in [0.5, 0.6) is 0 Å². The van der Waals surface area contributed by atoms with Crippen LogP contribution in [0, 0.1) is 0 Å². The molecule has 1 aliphatic carbocycles. The highest BCUT2D eigenvalue weighted by molar-refractivity contribution is 6.29. The Kier molecular flexibility index (Phi) is 4.01. The van der Waals surface area contributed by atoms with Crippen molar-refractivity contribution in [3.05, 3.63) is 22.7 Å². The Morgan fingerprint density at radius 1 is 1.00 bits per heavy atom. The van der Waals surface area contributed by atoms with Crippen molar-refractivity contribution in [2.24, 2.45) is 0 Å². The molecule has 0 radical (unpaired) electrons. The molecule has 2 aliphatic rings. The highest BCUT2D eigenvalue weighted by Crippen LogP contribution is 2.33. The topological polar surface area (TPSA) is 52.3 Å². The van der Waals surface area contributed by atoms with Crippen LogP contribution in [-0.2, 0) is 4.74 Å². The molecule has 2 aromatic rings. The molecular formula is C16H21ClN4O. The van der Waals surface area contributed by atoms with E-state index in [0.29, 0.717) is 22.8 Å². The van der Waals surface area contributed by atoms with Crippen LogP contribution in [0.3, 0.4) is 0 Å². The molecule has 22 heavy (non-hydrogen) atoms. The Morgan fingerprint density at radius 3 is 2.55 bits per heavy atom. The summed E-state index contributed by atoms with van der Waals surface area (Å²) in [5, 5.41) is 5.20. The van der Waals surface area contributed by atoms with Crippen molar-refractivity contribution in [2.75, 3.05) is 13.2 Å². The molecule has 2 fully saturated rings. The second kappa shape index (κ2) is 6.13. The summed E-state index contributed by atoms with van der Waals surface area (Å²) in [6.45, 7) is 1.57. The van der Waals surface area contributed by atoms with Crippen molar-refractivity contribution in [3.8, 4) is 0 Å². The lowest BCUT2D eigenvalue weighted by molar-refractivity contribution is 0.0836. The Hall–Kier alpha value is -1.20. The molecule has 5 nitrogen and oxygen atoms in total. The summed E-state index contributed by atoms with van der Waals surface area (Å²) in [5.74, 6) is 2.40. The number of nitrogens with zero attached hydrogens (tertiary/aromatic N) is 4. The number of rotatable bonds is 2. The Balaban J connectivity index is 1.67. The maximum atomic E-state index is 6.43. The van der Waals surface area contributed by atoms with Crippen LogP contribution in [0.15, 0.2) is 6.07 Å². The normalized spacial score (nSPS) is 21.5. The predicted molar refractivity (Wildman–Crippen MR) is 84.4 cm³/mol. The third kappa shape index (κ3) is 2.72. The van der Waals surface area contributed by atoms with Gasteiger partial charge in [0.2, 0.25) is 0 Å². The molecule has 2 aromatic heterocycles. The first-order valence-corrected chi connectivity index (χ1v) is 8.70. The van der Waals surface area contributed by atoms with E-state index in [1.54, 1.807) is 4.52 Å². The van der Waals surface area contributed by atoms with Crippen molar-refractivity contribution in [1.82, 2.24) is 19.6 Å². The highest BCUT2D eigenvalue weighted by Gasteiger charge is 2.23. The molecule has 0 atom stereocenters. The molecule has 1 saturated heterocycles. The average molecular weight is 321 g/mol. The van der Waals surface area contributed by atoms with Gasteiger partial charge in [-0.15, -0.1) is 5.10 Å². The van der Waals surface area contributed by atoms with Crippen LogP contribution < -0.4 is 0 Å². The molecule has 0 aromatic carbocycles. The number of hydrogen-bond donors (Lipinski definition) is 0. The van der Waals surface area contributed by atoms with Gasteiger partial charge in [0.15, 0.2) is 5.82 Å². The minimum atomic E-state index is 0.365. The largest absolute Gasteiger partial charge is 0.381 e. The van der Waals surface area contributed by atoms with E-state index in [4.69, 9.17) is 21.3 Å². The average Bonchev–Trinajstić information content (AvgIpc) is 3.01. The zero-order valence-electron chi connectivity index (χ0n) is 12.7. The van der Waals surface area contributed by atoms with E-state index in [0.717, 1.165) is 37.6 Å². The Labute approximate surface area is 135 Å². The summed E-state index contributed by atoms with van der Waals surface area (Å²) in [4.78, 5) is 9.40. The molecule has 1 saturated carbocycles. The van der Waals surface area contributed by atoms with Gasteiger partial charge < -0.3 is 4.74 Å². The molecule has 118 valence electrons. The maximum Gasteiger partial charge on any atom is 0.254 e. The first-order valence-electron chi connectivity index (χ1n) is 8.32. The highest BCUT2D eigenvalue weighted by atomic mass is 35.5. The van der Waals surface area contributed by atoms with E-state index in [-0.39, 0.29) is 0 Å². The van der Waals surface area contributed by atoms with Gasteiger partial charge in [-0.05, 0) is 31.7 Å². The summed E-state index contributed by atoms with van der Waals surface area (Å²) in [7, 11) is 0. The number of hydrogen-bond acceptors (Lipinski definition) is 4. The molecule has 1 aliphatic heterocycles.